The van der Waals surface area contributed by atoms with E-state index in [9.17, 15) is 14.9 Å². The molecule has 0 spiro atoms. The van der Waals surface area contributed by atoms with Gasteiger partial charge in [-0.05, 0) is 50.3 Å². The molecule has 5 nitrogen and oxygen atoms in total. The van der Waals surface area contributed by atoms with E-state index in [1.165, 1.54) is 0 Å². The zero-order valence-corrected chi connectivity index (χ0v) is 17.6. The van der Waals surface area contributed by atoms with Crippen LogP contribution in [0.25, 0.3) is 0 Å². The Labute approximate surface area is 176 Å². The van der Waals surface area contributed by atoms with Crippen LogP contribution in [0.1, 0.15) is 37.4 Å². The molecule has 0 aromatic heterocycles. The predicted molar refractivity (Wildman–Crippen MR) is 114 cm³/mol. The topological polar surface area (TPSA) is 73.6 Å². The highest BCUT2D eigenvalue weighted by molar-refractivity contribution is 7.73. The predicted octanol–water partition coefficient (Wildman–Crippen LogP) is 3.71. The molecule has 2 heterocycles. The lowest BCUT2D eigenvalue weighted by Crippen LogP contribution is -2.54. The largest absolute Gasteiger partial charge is 0.485 e. The number of fused-ring (bicyclic) bond motifs is 3. The van der Waals surface area contributed by atoms with Gasteiger partial charge in [-0.25, -0.2) is 4.67 Å². The molecule has 30 heavy (non-hydrogen) atoms. The second-order valence-corrected chi connectivity index (χ2v) is 11.1. The van der Waals surface area contributed by atoms with Crippen LogP contribution in [0.2, 0.25) is 0 Å². The number of ether oxygens (including phenoxy) is 1. The van der Waals surface area contributed by atoms with Gasteiger partial charge in [-0.1, -0.05) is 30.0 Å². The number of aliphatic hydroxyl groups is 1. The van der Waals surface area contributed by atoms with Crippen LogP contribution in [0, 0.1) is 23.2 Å². The molecule has 3 aliphatic rings. The van der Waals surface area contributed by atoms with Crippen LogP contribution in [-0.4, -0.2) is 27.5 Å². The van der Waals surface area contributed by atoms with Crippen molar-refractivity contribution in [3.63, 3.8) is 0 Å². The number of allylic oxidation sites excluding steroid dienone is 1. The molecule has 0 radical (unpaired) electrons. The summed E-state index contributed by atoms with van der Waals surface area (Å²) in [5.41, 5.74) is 0.245. The molecule has 6 heteroatoms. The van der Waals surface area contributed by atoms with Gasteiger partial charge in [0.2, 0.25) is 7.29 Å². The van der Waals surface area contributed by atoms with Crippen molar-refractivity contribution in [3.8, 4) is 23.7 Å². The summed E-state index contributed by atoms with van der Waals surface area (Å²) < 4.78 is 22.7. The van der Waals surface area contributed by atoms with Crippen LogP contribution in [0.5, 0.6) is 5.75 Å². The molecule has 4 atom stereocenters. The third-order valence-electron chi connectivity index (χ3n) is 6.16. The molecular formula is C24H21N2O3P. The molecule has 1 aliphatic carbocycles. The monoisotopic (exact) mass is 416 g/mol. The van der Waals surface area contributed by atoms with E-state index in [1.807, 2.05) is 48.8 Å². The Morgan fingerprint density at radius 1 is 1.27 bits per heavy atom. The number of nitriles is 1. The van der Waals surface area contributed by atoms with E-state index in [-0.39, 0.29) is 6.04 Å². The molecule has 2 aromatic rings. The molecule has 2 aliphatic heterocycles. The highest BCUT2D eigenvalue weighted by atomic mass is 31.2. The Bertz CT molecular complexity index is 1220. The van der Waals surface area contributed by atoms with Crippen LogP contribution in [0.15, 0.2) is 59.9 Å². The smallest absolute Gasteiger partial charge is 0.205 e. The summed E-state index contributed by atoms with van der Waals surface area (Å²) in [5, 5.41) is 22.4. The van der Waals surface area contributed by atoms with E-state index in [0.29, 0.717) is 23.3 Å². The van der Waals surface area contributed by atoms with Gasteiger partial charge in [0.05, 0.1) is 23.7 Å². The minimum Gasteiger partial charge on any atom is -0.485 e. The molecule has 1 N–H and O–H groups in total. The summed E-state index contributed by atoms with van der Waals surface area (Å²) in [6, 6.07) is 15.9. The van der Waals surface area contributed by atoms with Crippen molar-refractivity contribution in [1.82, 2.24) is 4.67 Å². The number of benzene rings is 2. The van der Waals surface area contributed by atoms with Crippen molar-refractivity contribution in [3.05, 3.63) is 71.0 Å². The Hall–Kier alpha value is -2.82. The van der Waals surface area contributed by atoms with Crippen molar-refractivity contribution in [2.75, 3.05) is 0 Å². The average Bonchev–Trinajstić information content (AvgIpc) is 2.95. The fraction of sp³-hybridized carbons (Fsp3) is 0.292. The van der Waals surface area contributed by atoms with Crippen molar-refractivity contribution in [1.29, 1.82) is 5.26 Å². The maximum Gasteiger partial charge on any atom is 0.205 e. The van der Waals surface area contributed by atoms with E-state index in [2.05, 4.69) is 17.9 Å². The summed E-state index contributed by atoms with van der Waals surface area (Å²) in [5.74, 6) is 6.83. The first-order valence-corrected chi connectivity index (χ1v) is 11.6. The number of rotatable bonds is 2. The molecule has 1 saturated heterocycles. The number of hydrogen-bond donors (Lipinski definition) is 1. The lowest BCUT2D eigenvalue weighted by atomic mass is 9.85. The first-order valence-electron chi connectivity index (χ1n) is 9.92. The summed E-state index contributed by atoms with van der Waals surface area (Å²) in [6.45, 7) is 3.65. The van der Waals surface area contributed by atoms with Gasteiger partial charge in [0.1, 0.15) is 17.5 Å². The molecule has 0 saturated carbocycles. The average molecular weight is 416 g/mol. The third-order valence-corrected chi connectivity index (χ3v) is 9.42. The molecule has 2 unspecified atom stereocenters. The first-order chi connectivity index (χ1) is 14.4. The van der Waals surface area contributed by atoms with Crippen LogP contribution in [-0.2, 0) is 4.57 Å². The number of nitrogens with zero attached hydrogens (tertiary/aromatic N) is 2. The fourth-order valence-electron chi connectivity index (χ4n) is 4.67. The summed E-state index contributed by atoms with van der Waals surface area (Å²) in [6.07, 6.45) is 1.39. The van der Waals surface area contributed by atoms with E-state index >= 15 is 0 Å². The number of hydrogen-bond acceptors (Lipinski definition) is 4. The van der Waals surface area contributed by atoms with Crippen LogP contribution in [0.3, 0.4) is 0 Å². The lowest BCUT2D eigenvalue weighted by molar-refractivity contribution is -0.0807. The summed E-state index contributed by atoms with van der Waals surface area (Å²) >= 11 is 0. The maximum absolute atomic E-state index is 14.7. The lowest BCUT2D eigenvalue weighted by Gasteiger charge is -2.47. The second kappa shape index (κ2) is 6.59. The zero-order chi connectivity index (χ0) is 21.1. The van der Waals surface area contributed by atoms with Gasteiger partial charge in [0.15, 0.2) is 0 Å². The zero-order valence-electron chi connectivity index (χ0n) is 16.7. The highest BCUT2D eigenvalue weighted by Gasteiger charge is 2.57. The molecule has 1 fully saturated rings. The minimum absolute atomic E-state index is 0.275. The van der Waals surface area contributed by atoms with Crippen LogP contribution in [0.4, 0.5) is 0 Å². The Kier molecular flexibility index (Phi) is 4.21. The standard InChI is InChI=1S/C24H21N2O3P/c1-24(2)23(27)22(20-13-16(15-25)11-12-21(20)29-24)26-17-7-6-10-19(14-17)30(26,28)18-8-4-3-5-9-18/h3-5,8-13,17,22-23,27H,14H2,1-2H3/t17?,22-,23+,30?/m1/s1. The SMILES string of the molecule is CC1(C)Oc2ccc(C#N)cc2[C@@H](N2C3C#CC=C(C3)P2(=O)c2ccccc2)[C@@H]1O. The van der Waals surface area contributed by atoms with Gasteiger partial charge in [-0.2, -0.15) is 5.26 Å². The van der Waals surface area contributed by atoms with Crippen molar-refractivity contribution in [2.24, 2.45) is 0 Å². The fourth-order valence-corrected chi connectivity index (χ4v) is 7.93. The Morgan fingerprint density at radius 3 is 2.77 bits per heavy atom. The Morgan fingerprint density at radius 2 is 2.03 bits per heavy atom. The van der Waals surface area contributed by atoms with Gasteiger partial charge in [-0.3, -0.25) is 4.57 Å². The van der Waals surface area contributed by atoms with Crippen LogP contribution < -0.4 is 10.0 Å². The molecule has 5 rings (SSSR count). The molecule has 150 valence electrons. The number of aliphatic hydroxyl groups excluding tert-OH is 1. The van der Waals surface area contributed by atoms with Crippen molar-refractivity contribution >= 4 is 12.6 Å². The third kappa shape index (κ3) is 2.60. The molecule has 2 aromatic carbocycles. The maximum atomic E-state index is 14.7. The van der Waals surface area contributed by atoms with Gasteiger partial charge in [-0.15, -0.1) is 0 Å². The normalized spacial score (nSPS) is 30.9. The summed E-state index contributed by atoms with van der Waals surface area (Å²) in [4.78, 5) is 0. The van der Waals surface area contributed by atoms with E-state index < -0.39 is 25.0 Å². The summed E-state index contributed by atoms with van der Waals surface area (Å²) in [7, 11) is -3.21. The molecule has 2 bridgehead atoms. The molecular weight excluding hydrogens is 395 g/mol. The second-order valence-electron chi connectivity index (χ2n) is 8.40. The van der Waals surface area contributed by atoms with Gasteiger partial charge >= 0.3 is 0 Å². The van der Waals surface area contributed by atoms with Gasteiger partial charge in [0.25, 0.3) is 0 Å². The van der Waals surface area contributed by atoms with E-state index in [0.717, 1.165) is 10.6 Å². The van der Waals surface area contributed by atoms with Crippen LogP contribution >= 0.6 is 7.29 Å². The van der Waals surface area contributed by atoms with Gasteiger partial charge in [0, 0.05) is 22.6 Å². The molecule has 0 amide bonds. The van der Waals surface area contributed by atoms with Crippen molar-refractivity contribution < 1.29 is 14.4 Å². The Balaban J connectivity index is 1.76. The minimum atomic E-state index is -3.21. The van der Waals surface area contributed by atoms with Crippen molar-refractivity contribution in [2.45, 2.75) is 44.1 Å². The highest BCUT2D eigenvalue weighted by Crippen LogP contribution is 2.69. The van der Waals surface area contributed by atoms with E-state index in [4.69, 9.17) is 4.74 Å². The quantitative estimate of drug-likeness (QED) is 0.597. The van der Waals surface area contributed by atoms with E-state index in [1.54, 1.807) is 24.3 Å². The first kappa shape index (κ1) is 19.2. The van der Waals surface area contributed by atoms with Gasteiger partial charge < -0.3 is 9.84 Å².